The molecule has 0 saturated heterocycles. The average molecular weight is 247 g/mol. The third kappa shape index (κ3) is 2.15. The fourth-order valence-electron chi connectivity index (χ4n) is 2.91. The van der Waals surface area contributed by atoms with E-state index in [1.165, 1.54) is 31.4 Å². The summed E-state index contributed by atoms with van der Waals surface area (Å²) in [6.07, 6.45) is 5.77. The molecule has 2 aromatic rings. The number of rotatable bonds is 1. The maximum atomic E-state index is 13.2. The summed E-state index contributed by atoms with van der Waals surface area (Å²) in [5.74, 6) is 0.980. The average Bonchev–Trinajstić information content (AvgIpc) is 2.63. The summed E-state index contributed by atoms with van der Waals surface area (Å²) in [5.41, 5.74) is 6.98. The first-order chi connectivity index (χ1) is 8.74. The molecule has 0 radical (unpaired) electrons. The van der Waals surface area contributed by atoms with Crippen LogP contribution < -0.4 is 5.73 Å². The second-order valence-electron chi connectivity index (χ2n) is 5.24. The first-order valence-electron chi connectivity index (χ1n) is 6.68. The monoisotopic (exact) mass is 247 g/mol. The number of hydrogen-bond acceptors (Lipinski definition) is 2. The molecule has 1 aliphatic carbocycles. The van der Waals surface area contributed by atoms with Crippen molar-refractivity contribution < 1.29 is 8.81 Å². The van der Waals surface area contributed by atoms with Gasteiger partial charge in [0.2, 0.25) is 0 Å². The highest BCUT2D eigenvalue weighted by molar-refractivity contribution is 5.78. The van der Waals surface area contributed by atoms with Crippen LogP contribution in [0.3, 0.4) is 0 Å². The van der Waals surface area contributed by atoms with E-state index < -0.39 is 0 Å². The largest absolute Gasteiger partial charge is 0.461 e. The molecule has 2 atom stereocenters. The minimum Gasteiger partial charge on any atom is -0.461 e. The summed E-state index contributed by atoms with van der Waals surface area (Å²) in [7, 11) is 0. The lowest BCUT2D eigenvalue weighted by molar-refractivity contribution is 0.417. The van der Waals surface area contributed by atoms with Crippen LogP contribution in [0, 0.1) is 5.82 Å². The number of furan rings is 1. The SMILES string of the molecule is NC1CCCCCC1c1cc2cc(F)ccc2o1. The van der Waals surface area contributed by atoms with Crippen molar-refractivity contribution in [3.63, 3.8) is 0 Å². The Bertz CT molecular complexity index is 548. The Labute approximate surface area is 106 Å². The van der Waals surface area contributed by atoms with Crippen molar-refractivity contribution in [2.45, 2.75) is 44.1 Å². The predicted molar refractivity (Wildman–Crippen MR) is 70.0 cm³/mol. The van der Waals surface area contributed by atoms with Crippen molar-refractivity contribution in [2.24, 2.45) is 5.73 Å². The summed E-state index contributed by atoms with van der Waals surface area (Å²) in [6, 6.07) is 6.76. The third-order valence-corrected chi connectivity index (χ3v) is 3.93. The van der Waals surface area contributed by atoms with Gasteiger partial charge in [0, 0.05) is 17.3 Å². The van der Waals surface area contributed by atoms with Gasteiger partial charge in [0.15, 0.2) is 0 Å². The summed E-state index contributed by atoms with van der Waals surface area (Å²) >= 11 is 0. The van der Waals surface area contributed by atoms with E-state index in [-0.39, 0.29) is 17.8 Å². The highest BCUT2D eigenvalue weighted by Gasteiger charge is 2.25. The van der Waals surface area contributed by atoms with Gasteiger partial charge in [-0.3, -0.25) is 0 Å². The van der Waals surface area contributed by atoms with Crippen LogP contribution >= 0.6 is 0 Å². The van der Waals surface area contributed by atoms with E-state index in [0.717, 1.165) is 29.6 Å². The van der Waals surface area contributed by atoms with Crippen LogP contribution in [-0.2, 0) is 0 Å². The highest BCUT2D eigenvalue weighted by Crippen LogP contribution is 2.34. The van der Waals surface area contributed by atoms with Crippen LogP contribution in [0.2, 0.25) is 0 Å². The van der Waals surface area contributed by atoms with Crippen LogP contribution in [0.1, 0.15) is 43.8 Å². The Hall–Kier alpha value is -1.35. The zero-order valence-electron chi connectivity index (χ0n) is 10.4. The molecule has 1 aromatic heterocycles. The molecule has 2 nitrogen and oxygen atoms in total. The molecule has 1 aliphatic rings. The van der Waals surface area contributed by atoms with Crippen molar-refractivity contribution in [3.8, 4) is 0 Å². The van der Waals surface area contributed by atoms with Gasteiger partial charge >= 0.3 is 0 Å². The highest BCUT2D eigenvalue weighted by atomic mass is 19.1. The van der Waals surface area contributed by atoms with Gasteiger partial charge in [-0.05, 0) is 37.1 Å². The van der Waals surface area contributed by atoms with Crippen LogP contribution in [0.25, 0.3) is 11.0 Å². The smallest absolute Gasteiger partial charge is 0.134 e. The molecule has 0 aliphatic heterocycles. The lowest BCUT2D eigenvalue weighted by atomic mass is 9.93. The first-order valence-corrected chi connectivity index (χ1v) is 6.68. The van der Waals surface area contributed by atoms with Gasteiger partial charge in [0.1, 0.15) is 17.2 Å². The minimum atomic E-state index is -0.222. The van der Waals surface area contributed by atoms with Gasteiger partial charge < -0.3 is 10.2 Å². The Morgan fingerprint density at radius 3 is 2.83 bits per heavy atom. The number of halogens is 1. The maximum absolute atomic E-state index is 13.2. The molecule has 3 heteroatoms. The zero-order chi connectivity index (χ0) is 12.5. The number of hydrogen-bond donors (Lipinski definition) is 1. The first kappa shape index (κ1) is 11.7. The Morgan fingerprint density at radius 2 is 1.94 bits per heavy atom. The summed E-state index contributed by atoms with van der Waals surface area (Å²) in [4.78, 5) is 0. The Morgan fingerprint density at radius 1 is 1.11 bits per heavy atom. The fourth-order valence-corrected chi connectivity index (χ4v) is 2.91. The molecule has 3 rings (SSSR count). The minimum absolute atomic E-state index is 0.165. The lowest BCUT2D eigenvalue weighted by Gasteiger charge is -2.18. The van der Waals surface area contributed by atoms with Crippen molar-refractivity contribution >= 4 is 11.0 Å². The van der Waals surface area contributed by atoms with E-state index in [2.05, 4.69) is 0 Å². The molecule has 0 bridgehead atoms. The lowest BCUT2D eigenvalue weighted by Crippen LogP contribution is -2.26. The zero-order valence-corrected chi connectivity index (χ0v) is 10.4. The van der Waals surface area contributed by atoms with E-state index in [1.54, 1.807) is 6.07 Å². The molecular formula is C15H18FNO. The number of benzene rings is 1. The van der Waals surface area contributed by atoms with Crippen molar-refractivity contribution in [1.82, 2.24) is 0 Å². The van der Waals surface area contributed by atoms with Crippen LogP contribution in [0.5, 0.6) is 0 Å². The van der Waals surface area contributed by atoms with Gasteiger partial charge in [0.25, 0.3) is 0 Å². The normalized spacial score (nSPS) is 25.2. The Kier molecular flexibility index (Phi) is 3.08. The molecule has 96 valence electrons. The number of fused-ring (bicyclic) bond motifs is 1. The molecule has 1 fully saturated rings. The van der Waals surface area contributed by atoms with Crippen LogP contribution in [0.15, 0.2) is 28.7 Å². The molecule has 18 heavy (non-hydrogen) atoms. The molecule has 1 aromatic carbocycles. The van der Waals surface area contributed by atoms with Gasteiger partial charge in [0.05, 0.1) is 0 Å². The Balaban J connectivity index is 1.97. The van der Waals surface area contributed by atoms with E-state index >= 15 is 0 Å². The van der Waals surface area contributed by atoms with Crippen molar-refractivity contribution in [1.29, 1.82) is 0 Å². The summed E-state index contributed by atoms with van der Waals surface area (Å²) in [5, 5.41) is 0.835. The van der Waals surface area contributed by atoms with Crippen molar-refractivity contribution in [2.75, 3.05) is 0 Å². The van der Waals surface area contributed by atoms with E-state index in [1.807, 2.05) is 6.07 Å². The summed E-state index contributed by atoms with van der Waals surface area (Å²) in [6.45, 7) is 0. The standard InChI is InChI=1S/C15H18FNO/c16-11-6-7-14-10(8-11)9-15(18-14)12-4-2-1-3-5-13(12)17/h6-9,12-13H,1-5,17H2. The van der Waals surface area contributed by atoms with Gasteiger partial charge in [-0.25, -0.2) is 4.39 Å². The molecule has 1 heterocycles. The molecule has 2 N–H and O–H groups in total. The van der Waals surface area contributed by atoms with Gasteiger partial charge in [-0.15, -0.1) is 0 Å². The second-order valence-corrected chi connectivity index (χ2v) is 5.24. The van der Waals surface area contributed by atoms with Crippen molar-refractivity contribution in [3.05, 3.63) is 35.8 Å². The molecule has 1 saturated carbocycles. The topological polar surface area (TPSA) is 39.2 Å². The molecular weight excluding hydrogens is 229 g/mol. The molecule has 0 amide bonds. The predicted octanol–water partition coefficient (Wildman–Crippen LogP) is 3.95. The third-order valence-electron chi connectivity index (χ3n) is 3.93. The molecule has 2 unspecified atom stereocenters. The quantitative estimate of drug-likeness (QED) is 0.775. The fraction of sp³-hybridized carbons (Fsp3) is 0.467. The van der Waals surface area contributed by atoms with E-state index in [0.29, 0.717) is 0 Å². The van der Waals surface area contributed by atoms with Gasteiger partial charge in [-0.1, -0.05) is 19.3 Å². The van der Waals surface area contributed by atoms with E-state index in [4.69, 9.17) is 10.2 Å². The summed E-state index contributed by atoms with van der Waals surface area (Å²) < 4.78 is 19.0. The maximum Gasteiger partial charge on any atom is 0.134 e. The van der Waals surface area contributed by atoms with Gasteiger partial charge in [-0.2, -0.15) is 0 Å². The second kappa shape index (κ2) is 4.73. The number of nitrogens with two attached hydrogens (primary N) is 1. The van der Waals surface area contributed by atoms with E-state index in [9.17, 15) is 4.39 Å². The van der Waals surface area contributed by atoms with Crippen LogP contribution in [-0.4, -0.2) is 6.04 Å². The van der Waals surface area contributed by atoms with Crippen LogP contribution in [0.4, 0.5) is 4.39 Å². The molecule has 0 spiro atoms.